The van der Waals surface area contributed by atoms with Gasteiger partial charge in [-0.25, -0.2) is 0 Å². The molecule has 2 aromatic rings. The van der Waals surface area contributed by atoms with Gasteiger partial charge in [0.2, 0.25) is 0 Å². The van der Waals surface area contributed by atoms with Gasteiger partial charge in [0.05, 0.1) is 0 Å². The fourth-order valence-corrected chi connectivity index (χ4v) is 3.45. The van der Waals surface area contributed by atoms with E-state index >= 15 is 0 Å². The number of likely N-dealkylation sites (N-methyl/N-ethyl adjacent to an activating group) is 1. The number of benzene rings is 2. The third-order valence-corrected chi connectivity index (χ3v) is 4.96. The fraction of sp³-hybridized carbons (Fsp3) is 0.227. The van der Waals surface area contributed by atoms with Gasteiger partial charge in [-0.15, -0.1) is 6.58 Å². The van der Waals surface area contributed by atoms with Crippen LogP contribution in [0.25, 0.3) is 16.3 Å². The van der Waals surface area contributed by atoms with E-state index in [0.29, 0.717) is 11.7 Å². The maximum absolute atomic E-state index is 5.99. The number of aryl methyl sites for hydroxylation is 1. The van der Waals surface area contributed by atoms with E-state index < -0.39 is 0 Å². The average Bonchev–Trinajstić information content (AvgIpc) is 2.64. The van der Waals surface area contributed by atoms with Crippen LogP contribution in [0.1, 0.15) is 24.0 Å². The summed E-state index contributed by atoms with van der Waals surface area (Å²) in [6, 6.07) is 13.0. The minimum atomic E-state index is 0.440. The monoisotopic (exact) mass is 349 g/mol. The van der Waals surface area contributed by atoms with Crippen LogP contribution >= 0.6 is 12.2 Å². The predicted molar refractivity (Wildman–Crippen MR) is 111 cm³/mol. The third-order valence-electron chi connectivity index (χ3n) is 4.56. The number of hydrogen-bond donors (Lipinski definition) is 0. The highest BCUT2D eigenvalue weighted by molar-refractivity contribution is 7.80. The van der Waals surface area contributed by atoms with E-state index in [1.165, 1.54) is 27.5 Å². The molecule has 0 amide bonds. The molecule has 0 atom stereocenters. The van der Waals surface area contributed by atoms with E-state index in [9.17, 15) is 0 Å². The van der Waals surface area contributed by atoms with Crippen molar-refractivity contribution in [2.24, 2.45) is 0 Å². The maximum atomic E-state index is 5.99. The summed E-state index contributed by atoms with van der Waals surface area (Å²) in [7, 11) is 1.90. The second-order valence-electron chi connectivity index (χ2n) is 6.29. The highest BCUT2D eigenvalue weighted by Crippen LogP contribution is 2.36. The summed E-state index contributed by atoms with van der Waals surface area (Å²) >= 11 is 5.40. The molecule has 1 aliphatic carbocycles. The average molecular weight is 349 g/mol. The number of hydrogen-bond acceptors (Lipinski definition) is 2. The fourth-order valence-electron chi connectivity index (χ4n) is 3.29. The molecule has 0 bridgehead atoms. The first-order valence-electron chi connectivity index (χ1n) is 8.55. The van der Waals surface area contributed by atoms with Gasteiger partial charge in [-0.05, 0) is 65.5 Å². The molecule has 0 aliphatic heterocycles. The molecular weight excluding hydrogens is 326 g/mol. The summed E-state index contributed by atoms with van der Waals surface area (Å²) in [6.07, 6.45) is 6.75. The van der Waals surface area contributed by atoms with Crippen LogP contribution in [0, 0.1) is 0 Å². The van der Waals surface area contributed by atoms with E-state index in [2.05, 4.69) is 49.6 Å². The highest BCUT2D eigenvalue weighted by atomic mass is 32.1. The summed E-state index contributed by atoms with van der Waals surface area (Å²) in [5, 5.41) is 2.97. The van der Waals surface area contributed by atoms with Crippen LogP contribution in [0.3, 0.4) is 0 Å². The van der Waals surface area contributed by atoms with E-state index in [4.69, 9.17) is 17.0 Å². The number of rotatable bonds is 4. The second kappa shape index (κ2) is 7.66. The second-order valence-corrected chi connectivity index (χ2v) is 6.64. The molecule has 0 unspecified atom stereocenters. The first-order valence-corrected chi connectivity index (χ1v) is 8.96. The minimum absolute atomic E-state index is 0.440. The number of ether oxygens (including phenoxy) is 1. The molecule has 1 aliphatic rings. The van der Waals surface area contributed by atoms with Crippen LogP contribution in [-0.4, -0.2) is 23.7 Å². The Kier molecular flexibility index (Phi) is 5.34. The van der Waals surface area contributed by atoms with Gasteiger partial charge in [0.25, 0.3) is 5.17 Å². The van der Waals surface area contributed by atoms with Gasteiger partial charge in [-0.2, -0.15) is 0 Å². The van der Waals surface area contributed by atoms with Crippen molar-refractivity contribution in [2.75, 3.05) is 13.6 Å². The Balaban J connectivity index is 2.03. The van der Waals surface area contributed by atoms with E-state index in [0.717, 1.165) is 25.0 Å². The van der Waals surface area contributed by atoms with Crippen molar-refractivity contribution in [1.29, 1.82) is 0 Å². The molecule has 0 fully saturated rings. The molecule has 2 nitrogen and oxygen atoms in total. The SMILES string of the molecule is C=CCN(C)C(=S)O/C(C=C)=C1\CCCc2cc3ccccc3cc21. The predicted octanol–water partition coefficient (Wildman–Crippen LogP) is 5.49. The Bertz CT molecular complexity index is 865. The van der Waals surface area contributed by atoms with Crippen molar-refractivity contribution in [1.82, 2.24) is 4.90 Å². The van der Waals surface area contributed by atoms with E-state index in [-0.39, 0.29) is 0 Å². The summed E-state index contributed by atoms with van der Waals surface area (Å²) in [4.78, 5) is 1.86. The Labute approximate surface area is 155 Å². The van der Waals surface area contributed by atoms with Crippen LogP contribution in [0.2, 0.25) is 0 Å². The molecule has 0 aromatic heterocycles. The van der Waals surface area contributed by atoms with Gasteiger partial charge in [0, 0.05) is 19.2 Å². The molecule has 3 rings (SSSR count). The maximum Gasteiger partial charge on any atom is 0.264 e. The van der Waals surface area contributed by atoms with Gasteiger partial charge in [0.15, 0.2) is 0 Å². The summed E-state index contributed by atoms with van der Waals surface area (Å²) in [5.41, 5.74) is 3.82. The van der Waals surface area contributed by atoms with Crippen LogP contribution in [-0.2, 0) is 11.2 Å². The Morgan fingerprint density at radius 3 is 2.60 bits per heavy atom. The number of allylic oxidation sites excluding steroid dienone is 2. The van der Waals surface area contributed by atoms with Crippen LogP contribution in [0.15, 0.2) is 67.5 Å². The van der Waals surface area contributed by atoms with Crippen molar-refractivity contribution < 1.29 is 4.74 Å². The zero-order chi connectivity index (χ0) is 17.8. The van der Waals surface area contributed by atoms with E-state index in [1.807, 2.05) is 11.9 Å². The largest absolute Gasteiger partial charge is 0.431 e. The molecule has 0 saturated carbocycles. The Morgan fingerprint density at radius 1 is 1.20 bits per heavy atom. The van der Waals surface area contributed by atoms with Gasteiger partial charge < -0.3 is 9.64 Å². The molecule has 3 heteroatoms. The molecule has 2 aromatic carbocycles. The molecule has 0 radical (unpaired) electrons. The number of fused-ring (bicyclic) bond motifs is 2. The summed E-state index contributed by atoms with van der Waals surface area (Å²) in [6.45, 7) is 8.34. The third kappa shape index (κ3) is 3.67. The molecule has 25 heavy (non-hydrogen) atoms. The van der Waals surface area contributed by atoms with Crippen molar-refractivity contribution in [3.05, 3.63) is 78.6 Å². The Morgan fingerprint density at radius 2 is 1.92 bits per heavy atom. The molecule has 0 spiro atoms. The molecule has 128 valence electrons. The van der Waals surface area contributed by atoms with Gasteiger partial charge in [-0.3, -0.25) is 0 Å². The van der Waals surface area contributed by atoms with Crippen LogP contribution in [0.5, 0.6) is 0 Å². The van der Waals surface area contributed by atoms with Crippen molar-refractivity contribution in [2.45, 2.75) is 19.3 Å². The Hall–Kier alpha value is -2.39. The lowest BCUT2D eigenvalue weighted by Gasteiger charge is -2.24. The quantitative estimate of drug-likeness (QED) is 0.411. The van der Waals surface area contributed by atoms with Crippen LogP contribution in [0.4, 0.5) is 0 Å². The number of nitrogens with zero attached hydrogens (tertiary/aromatic N) is 1. The normalized spacial score (nSPS) is 15.2. The highest BCUT2D eigenvalue weighted by Gasteiger charge is 2.20. The first-order chi connectivity index (χ1) is 12.1. The summed E-state index contributed by atoms with van der Waals surface area (Å²) < 4.78 is 5.99. The first kappa shape index (κ1) is 17.4. The van der Waals surface area contributed by atoms with Crippen LogP contribution < -0.4 is 0 Å². The number of thiocarbonyl (C=S) groups is 1. The topological polar surface area (TPSA) is 12.5 Å². The molecular formula is C22H23NOS. The smallest absolute Gasteiger partial charge is 0.264 e. The molecule has 0 heterocycles. The van der Waals surface area contributed by atoms with Gasteiger partial charge >= 0.3 is 0 Å². The lowest BCUT2D eigenvalue weighted by Crippen LogP contribution is -2.27. The lowest BCUT2D eigenvalue weighted by molar-refractivity contribution is 0.358. The zero-order valence-corrected chi connectivity index (χ0v) is 15.4. The summed E-state index contributed by atoms with van der Waals surface area (Å²) in [5.74, 6) is 0.761. The van der Waals surface area contributed by atoms with Gasteiger partial charge in [0.1, 0.15) is 5.76 Å². The molecule has 0 N–H and O–H groups in total. The standard InChI is InChI=1S/C22H23NOS/c1-4-13-23(3)22(25)24-21(5-2)19-12-8-11-18-14-16-9-6-7-10-17(16)15-20(18)19/h4-7,9-10,14-15H,1-2,8,11-13H2,3H3/b21-19+. The van der Waals surface area contributed by atoms with Crippen molar-refractivity contribution in [3.63, 3.8) is 0 Å². The van der Waals surface area contributed by atoms with Crippen molar-refractivity contribution >= 4 is 33.7 Å². The van der Waals surface area contributed by atoms with Crippen molar-refractivity contribution in [3.8, 4) is 0 Å². The lowest BCUT2D eigenvalue weighted by atomic mass is 9.85. The molecule has 0 saturated heterocycles. The minimum Gasteiger partial charge on any atom is -0.431 e. The van der Waals surface area contributed by atoms with Gasteiger partial charge in [-0.1, -0.05) is 43.0 Å². The zero-order valence-electron chi connectivity index (χ0n) is 14.6. The van der Waals surface area contributed by atoms with E-state index in [1.54, 1.807) is 12.2 Å².